The van der Waals surface area contributed by atoms with Crippen LogP contribution in [0.4, 0.5) is 0 Å². The zero-order valence-electron chi connectivity index (χ0n) is 15.7. The third-order valence-corrected chi connectivity index (χ3v) is 5.98. The highest BCUT2D eigenvalue weighted by Gasteiger charge is 2.31. The lowest BCUT2D eigenvalue weighted by Crippen LogP contribution is -2.37. The van der Waals surface area contributed by atoms with Crippen LogP contribution in [-0.4, -0.2) is 27.3 Å². The van der Waals surface area contributed by atoms with E-state index in [1.807, 2.05) is 29.2 Å². The summed E-state index contributed by atoms with van der Waals surface area (Å²) in [4.78, 5) is 24.7. The molecule has 6 heteroatoms. The Balaban J connectivity index is 1.53. The summed E-state index contributed by atoms with van der Waals surface area (Å²) in [5.74, 6) is 1.38. The van der Waals surface area contributed by atoms with E-state index in [1.165, 1.54) is 0 Å². The molecule has 1 amide bonds. The van der Waals surface area contributed by atoms with Crippen molar-refractivity contribution in [3.05, 3.63) is 81.2 Å². The van der Waals surface area contributed by atoms with Crippen LogP contribution in [0, 0.1) is 0 Å². The molecule has 0 unspecified atom stereocenters. The average Bonchev–Trinajstić information content (AvgIpc) is 3.58. The smallest absolute Gasteiger partial charge is 0.254 e. The van der Waals surface area contributed by atoms with Crippen LogP contribution in [0.5, 0.6) is 0 Å². The molecule has 0 atom stereocenters. The maximum absolute atomic E-state index is 13.0. The number of halogens is 2. The molecule has 0 spiro atoms. The fourth-order valence-electron chi connectivity index (χ4n) is 3.78. The van der Waals surface area contributed by atoms with E-state index in [1.54, 1.807) is 24.3 Å². The number of hydrogen-bond acceptors (Lipinski definition) is 3. The fourth-order valence-corrected chi connectivity index (χ4v) is 4.10. The minimum Gasteiger partial charge on any atom is -0.334 e. The number of rotatable bonds is 3. The Labute approximate surface area is 179 Å². The predicted molar refractivity (Wildman–Crippen MR) is 114 cm³/mol. The monoisotopic (exact) mass is 423 g/mol. The Bertz CT molecular complexity index is 1090. The summed E-state index contributed by atoms with van der Waals surface area (Å²) in [5.41, 5.74) is 4.61. The Kier molecular flexibility index (Phi) is 4.76. The molecule has 4 nitrogen and oxygen atoms in total. The molecule has 2 heterocycles. The number of benzene rings is 2. The molecule has 146 valence electrons. The second-order valence-electron chi connectivity index (χ2n) is 7.62. The first-order valence-electron chi connectivity index (χ1n) is 9.79. The molecular formula is C23H19Cl2N3O. The van der Waals surface area contributed by atoms with Crippen LogP contribution in [-0.2, 0) is 13.0 Å². The lowest BCUT2D eigenvalue weighted by Gasteiger charge is -2.30. The third-order valence-electron chi connectivity index (χ3n) is 5.50. The lowest BCUT2D eigenvalue weighted by atomic mass is 9.98. The van der Waals surface area contributed by atoms with Crippen molar-refractivity contribution in [3.63, 3.8) is 0 Å². The number of hydrogen-bond donors (Lipinski definition) is 0. The van der Waals surface area contributed by atoms with Gasteiger partial charge in [-0.15, -0.1) is 0 Å². The molecule has 1 fully saturated rings. The van der Waals surface area contributed by atoms with E-state index < -0.39 is 0 Å². The summed E-state index contributed by atoms with van der Waals surface area (Å²) in [6.45, 7) is 1.13. The minimum absolute atomic E-state index is 0.0218. The molecule has 0 N–H and O–H groups in total. The van der Waals surface area contributed by atoms with Gasteiger partial charge in [-0.3, -0.25) is 4.79 Å². The molecule has 1 saturated carbocycles. The first kappa shape index (κ1) is 18.6. The maximum atomic E-state index is 13.0. The number of amides is 1. The van der Waals surface area contributed by atoms with Gasteiger partial charge in [0, 0.05) is 52.2 Å². The van der Waals surface area contributed by atoms with Gasteiger partial charge in [0.15, 0.2) is 0 Å². The number of fused-ring (bicyclic) bond motifs is 1. The number of nitrogens with zero attached hydrogens (tertiary/aromatic N) is 3. The highest BCUT2D eigenvalue weighted by molar-refractivity contribution is 6.31. The highest BCUT2D eigenvalue weighted by Crippen LogP contribution is 2.40. The van der Waals surface area contributed by atoms with Gasteiger partial charge < -0.3 is 4.90 Å². The Morgan fingerprint density at radius 3 is 2.52 bits per heavy atom. The molecule has 0 radical (unpaired) electrons. The van der Waals surface area contributed by atoms with Gasteiger partial charge in [0.1, 0.15) is 5.82 Å². The van der Waals surface area contributed by atoms with Crippen LogP contribution in [0.25, 0.3) is 11.3 Å². The predicted octanol–water partition coefficient (Wildman–Crippen LogP) is 5.53. The van der Waals surface area contributed by atoms with Crippen molar-refractivity contribution in [2.45, 2.75) is 31.7 Å². The summed E-state index contributed by atoms with van der Waals surface area (Å²) in [7, 11) is 0. The Morgan fingerprint density at radius 1 is 1.00 bits per heavy atom. The van der Waals surface area contributed by atoms with Crippen LogP contribution in [0.1, 0.15) is 46.2 Å². The van der Waals surface area contributed by atoms with E-state index >= 15 is 0 Å². The quantitative estimate of drug-likeness (QED) is 0.556. The molecular weight excluding hydrogens is 405 g/mol. The van der Waals surface area contributed by atoms with Gasteiger partial charge in [0.25, 0.3) is 5.91 Å². The van der Waals surface area contributed by atoms with E-state index in [2.05, 4.69) is 0 Å². The van der Waals surface area contributed by atoms with E-state index in [-0.39, 0.29) is 5.91 Å². The van der Waals surface area contributed by atoms with Crippen LogP contribution < -0.4 is 0 Å². The second kappa shape index (κ2) is 7.43. The van der Waals surface area contributed by atoms with E-state index in [0.717, 1.165) is 47.6 Å². The van der Waals surface area contributed by atoms with Gasteiger partial charge in [-0.2, -0.15) is 0 Å². The van der Waals surface area contributed by atoms with Gasteiger partial charge in [0.05, 0.1) is 11.4 Å². The van der Waals surface area contributed by atoms with Gasteiger partial charge in [-0.05, 0) is 43.2 Å². The Morgan fingerprint density at radius 2 is 1.79 bits per heavy atom. The highest BCUT2D eigenvalue weighted by atomic mass is 35.5. The molecule has 2 aromatic carbocycles. The molecule has 0 saturated heterocycles. The summed E-state index contributed by atoms with van der Waals surface area (Å²) in [6.07, 6.45) is 3.03. The Hall–Kier alpha value is -2.43. The van der Waals surface area contributed by atoms with Crippen LogP contribution in [0.3, 0.4) is 0 Å². The van der Waals surface area contributed by atoms with Crippen LogP contribution >= 0.6 is 23.2 Å². The van der Waals surface area contributed by atoms with E-state index in [0.29, 0.717) is 34.6 Å². The minimum atomic E-state index is -0.0218. The van der Waals surface area contributed by atoms with Crippen molar-refractivity contribution in [2.75, 3.05) is 6.54 Å². The SMILES string of the molecule is O=C(c1cccc(Cl)c1)N1CCc2nc(C3CC3)nc(-c3ccc(Cl)cc3)c2C1. The second-order valence-corrected chi connectivity index (χ2v) is 8.50. The van der Waals surface area contributed by atoms with Gasteiger partial charge in [-0.25, -0.2) is 9.97 Å². The zero-order valence-corrected chi connectivity index (χ0v) is 17.2. The largest absolute Gasteiger partial charge is 0.334 e. The molecule has 1 aliphatic heterocycles. The van der Waals surface area contributed by atoms with Gasteiger partial charge in [-0.1, -0.05) is 41.4 Å². The topological polar surface area (TPSA) is 46.1 Å². The van der Waals surface area contributed by atoms with E-state index in [4.69, 9.17) is 33.2 Å². The molecule has 2 aliphatic rings. The van der Waals surface area contributed by atoms with Crippen LogP contribution in [0.15, 0.2) is 48.5 Å². The maximum Gasteiger partial charge on any atom is 0.254 e. The molecule has 29 heavy (non-hydrogen) atoms. The summed E-state index contributed by atoms with van der Waals surface area (Å²) < 4.78 is 0. The number of carbonyl (C=O) groups is 1. The number of carbonyl (C=O) groups excluding carboxylic acids is 1. The summed E-state index contributed by atoms with van der Waals surface area (Å²) in [5, 5.41) is 1.25. The zero-order chi connectivity index (χ0) is 20.0. The molecule has 1 aliphatic carbocycles. The van der Waals surface area contributed by atoms with Gasteiger partial charge >= 0.3 is 0 Å². The van der Waals surface area contributed by atoms with Crippen molar-refractivity contribution >= 4 is 29.1 Å². The van der Waals surface area contributed by atoms with Crippen molar-refractivity contribution in [2.24, 2.45) is 0 Å². The molecule has 3 aromatic rings. The number of aromatic nitrogens is 2. The summed E-state index contributed by atoms with van der Waals surface area (Å²) >= 11 is 12.2. The van der Waals surface area contributed by atoms with Crippen molar-refractivity contribution < 1.29 is 4.79 Å². The molecule has 0 bridgehead atoms. The lowest BCUT2D eigenvalue weighted by molar-refractivity contribution is 0.0733. The summed E-state index contributed by atoms with van der Waals surface area (Å²) in [6, 6.07) is 14.8. The van der Waals surface area contributed by atoms with E-state index in [9.17, 15) is 4.79 Å². The van der Waals surface area contributed by atoms with Crippen molar-refractivity contribution in [1.29, 1.82) is 0 Å². The van der Waals surface area contributed by atoms with Gasteiger partial charge in [0.2, 0.25) is 0 Å². The molecule has 1 aromatic heterocycles. The average molecular weight is 424 g/mol. The first-order chi connectivity index (χ1) is 14.1. The fraction of sp³-hybridized carbons (Fsp3) is 0.261. The first-order valence-corrected chi connectivity index (χ1v) is 10.5. The van der Waals surface area contributed by atoms with Crippen LogP contribution in [0.2, 0.25) is 10.0 Å². The normalized spacial score (nSPS) is 15.9. The van der Waals surface area contributed by atoms with Crippen molar-refractivity contribution in [3.8, 4) is 11.3 Å². The standard InChI is InChI=1S/C23H19Cl2N3O/c24-17-8-6-14(7-9-17)21-19-13-28(23(29)16-2-1-3-18(25)12-16)11-10-20(19)26-22(27-21)15-4-5-15/h1-3,6-9,12,15H,4-5,10-11,13H2. The van der Waals surface area contributed by atoms with Crippen molar-refractivity contribution in [1.82, 2.24) is 14.9 Å². The molecule has 5 rings (SSSR count). The third kappa shape index (κ3) is 3.75.